The van der Waals surface area contributed by atoms with E-state index in [1.165, 1.54) is 47.8 Å². The lowest BCUT2D eigenvalue weighted by Gasteiger charge is -2.43. The maximum Gasteiger partial charge on any atom is 0.251 e. The van der Waals surface area contributed by atoms with Crippen molar-refractivity contribution in [3.63, 3.8) is 0 Å². The fourth-order valence-corrected chi connectivity index (χ4v) is 3.36. The number of nitrogens with one attached hydrogen (secondary N) is 1. The van der Waals surface area contributed by atoms with Gasteiger partial charge < -0.3 is 11.1 Å². The summed E-state index contributed by atoms with van der Waals surface area (Å²) in [6.45, 7) is 0.258. The number of anilines is 1. The minimum Gasteiger partial charge on any atom is -0.366 e. The van der Waals surface area contributed by atoms with Crippen LogP contribution in [0.15, 0.2) is 43.1 Å². The van der Waals surface area contributed by atoms with Crippen LogP contribution >= 0.6 is 0 Å². The SMILES string of the molecule is NC(=O)c1cnn(-c2cnc(NC[C@]3(c4ncccc4F)C[C@@H](F)C3)nc2)c1. The number of amides is 1. The van der Waals surface area contributed by atoms with Gasteiger partial charge in [-0.15, -0.1) is 0 Å². The van der Waals surface area contributed by atoms with Crippen LogP contribution in [-0.4, -0.2) is 43.4 Å². The van der Waals surface area contributed by atoms with Crippen LogP contribution in [0.25, 0.3) is 5.69 Å². The minimum atomic E-state index is -0.981. The van der Waals surface area contributed by atoms with E-state index in [1.54, 1.807) is 0 Å². The molecule has 28 heavy (non-hydrogen) atoms. The summed E-state index contributed by atoms with van der Waals surface area (Å²) < 4.78 is 29.2. The summed E-state index contributed by atoms with van der Waals surface area (Å²) in [6, 6.07) is 2.83. The van der Waals surface area contributed by atoms with Gasteiger partial charge in [-0.25, -0.2) is 23.4 Å². The van der Waals surface area contributed by atoms with Crippen molar-refractivity contribution in [2.45, 2.75) is 24.4 Å². The van der Waals surface area contributed by atoms with Crippen molar-refractivity contribution in [1.29, 1.82) is 0 Å². The summed E-state index contributed by atoms with van der Waals surface area (Å²) in [5.74, 6) is -0.718. The zero-order chi connectivity index (χ0) is 19.7. The highest BCUT2D eigenvalue weighted by atomic mass is 19.1. The molecule has 0 aromatic carbocycles. The Kier molecular flexibility index (Phi) is 4.46. The van der Waals surface area contributed by atoms with Crippen LogP contribution in [0, 0.1) is 5.82 Å². The molecule has 0 spiro atoms. The Labute approximate surface area is 158 Å². The number of nitrogens with zero attached hydrogens (tertiary/aromatic N) is 5. The molecular formula is C18H17F2N7O. The van der Waals surface area contributed by atoms with Crippen LogP contribution in [0.5, 0.6) is 0 Å². The molecule has 3 N–H and O–H groups in total. The van der Waals surface area contributed by atoms with Crippen molar-refractivity contribution < 1.29 is 13.6 Å². The maximum atomic E-state index is 14.2. The first kappa shape index (κ1) is 18.0. The van der Waals surface area contributed by atoms with Gasteiger partial charge in [-0.3, -0.25) is 9.78 Å². The third kappa shape index (κ3) is 3.28. The predicted molar refractivity (Wildman–Crippen MR) is 96.2 cm³/mol. The average Bonchev–Trinajstić information content (AvgIpc) is 3.16. The van der Waals surface area contributed by atoms with Gasteiger partial charge in [-0.05, 0) is 25.0 Å². The van der Waals surface area contributed by atoms with Crippen LogP contribution < -0.4 is 11.1 Å². The monoisotopic (exact) mass is 385 g/mol. The van der Waals surface area contributed by atoms with Crippen molar-refractivity contribution in [3.05, 3.63) is 60.2 Å². The summed E-state index contributed by atoms with van der Waals surface area (Å²) in [4.78, 5) is 23.7. The first-order chi connectivity index (χ1) is 13.5. The molecule has 1 fully saturated rings. The number of nitrogens with two attached hydrogens (primary N) is 1. The first-order valence-electron chi connectivity index (χ1n) is 8.63. The summed E-state index contributed by atoms with van der Waals surface area (Å²) in [5.41, 5.74) is 5.54. The number of aromatic nitrogens is 5. The normalized spacial score (nSPS) is 21.1. The van der Waals surface area contributed by atoms with E-state index in [-0.39, 0.29) is 30.6 Å². The Bertz CT molecular complexity index is 999. The standard InChI is InChI=1S/C18H17F2N7O/c19-12-4-18(5-12,15-14(20)2-1-3-22-15)10-25-17-23-7-13(8-24-17)27-9-11(6-26-27)16(21)28/h1-3,6-9,12H,4-5,10H2,(H2,21,28)(H,23,24,25)/t12-,18+. The summed E-state index contributed by atoms with van der Waals surface area (Å²) in [7, 11) is 0. The van der Waals surface area contributed by atoms with Gasteiger partial charge in [-0.1, -0.05) is 0 Å². The number of hydrogen-bond donors (Lipinski definition) is 2. The second-order valence-corrected chi connectivity index (χ2v) is 6.78. The predicted octanol–water partition coefficient (Wildman–Crippen LogP) is 1.78. The third-order valence-electron chi connectivity index (χ3n) is 4.84. The maximum absolute atomic E-state index is 14.2. The van der Waals surface area contributed by atoms with Gasteiger partial charge in [0.1, 0.15) is 17.7 Å². The molecule has 3 aromatic heterocycles. The molecule has 1 aliphatic rings. The van der Waals surface area contributed by atoms with Crippen LogP contribution in [0.4, 0.5) is 14.7 Å². The molecule has 0 atom stereocenters. The van der Waals surface area contributed by atoms with E-state index in [1.807, 2.05) is 0 Å². The second kappa shape index (κ2) is 6.95. The van der Waals surface area contributed by atoms with Crippen molar-refractivity contribution in [1.82, 2.24) is 24.7 Å². The minimum absolute atomic E-state index is 0.190. The van der Waals surface area contributed by atoms with E-state index in [4.69, 9.17) is 5.73 Å². The third-order valence-corrected chi connectivity index (χ3v) is 4.84. The smallest absolute Gasteiger partial charge is 0.251 e. The average molecular weight is 385 g/mol. The van der Waals surface area contributed by atoms with Crippen molar-refractivity contribution >= 4 is 11.9 Å². The van der Waals surface area contributed by atoms with Gasteiger partial charge in [0.25, 0.3) is 5.91 Å². The lowest BCUT2D eigenvalue weighted by atomic mass is 9.65. The van der Waals surface area contributed by atoms with Crippen molar-refractivity contribution in [2.24, 2.45) is 5.73 Å². The lowest BCUT2D eigenvalue weighted by Crippen LogP contribution is -2.49. The van der Waals surface area contributed by atoms with Crippen LogP contribution in [0.3, 0.4) is 0 Å². The number of hydrogen-bond acceptors (Lipinski definition) is 6. The van der Waals surface area contributed by atoms with Gasteiger partial charge >= 0.3 is 0 Å². The number of alkyl halides is 1. The molecule has 0 bridgehead atoms. The molecule has 8 nitrogen and oxygen atoms in total. The Balaban J connectivity index is 1.48. The van der Waals surface area contributed by atoms with Gasteiger partial charge in [0.2, 0.25) is 5.95 Å². The zero-order valence-electron chi connectivity index (χ0n) is 14.7. The number of primary amides is 1. The quantitative estimate of drug-likeness (QED) is 0.669. The molecule has 1 aliphatic carbocycles. The molecule has 3 heterocycles. The Morgan fingerprint density at radius 2 is 2.04 bits per heavy atom. The molecule has 0 unspecified atom stereocenters. The highest BCUT2D eigenvalue weighted by Gasteiger charge is 2.48. The largest absolute Gasteiger partial charge is 0.366 e. The molecule has 0 radical (unpaired) electrons. The number of halogens is 2. The molecule has 4 rings (SSSR count). The van der Waals surface area contributed by atoms with E-state index in [2.05, 4.69) is 25.4 Å². The number of carbonyl (C=O) groups excluding carboxylic acids is 1. The fourth-order valence-electron chi connectivity index (χ4n) is 3.36. The van der Waals surface area contributed by atoms with E-state index in [0.29, 0.717) is 11.6 Å². The molecule has 1 amide bonds. The fraction of sp³-hybridized carbons (Fsp3) is 0.278. The highest BCUT2D eigenvalue weighted by molar-refractivity contribution is 5.92. The van der Waals surface area contributed by atoms with Crippen LogP contribution in [-0.2, 0) is 5.41 Å². The van der Waals surface area contributed by atoms with E-state index in [9.17, 15) is 13.6 Å². The second-order valence-electron chi connectivity index (χ2n) is 6.78. The Hall–Kier alpha value is -3.43. The van der Waals surface area contributed by atoms with Crippen LogP contribution in [0.1, 0.15) is 28.9 Å². The lowest BCUT2D eigenvalue weighted by molar-refractivity contribution is 0.0963. The topological polar surface area (TPSA) is 112 Å². The number of pyridine rings is 1. The van der Waals surface area contributed by atoms with Gasteiger partial charge in [0.15, 0.2) is 0 Å². The van der Waals surface area contributed by atoms with E-state index >= 15 is 0 Å². The molecular weight excluding hydrogens is 368 g/mol. The molecule has 1 saturated carbocycles. The number of carbonyl (C=O) groups is 1. The summed E-state index contributed by atoms with van der Waals surface area (Å²) in [5, 5.41) is 7.06. The van der Waals surface area contributed by atoms with Crippen LogP contribution in [0.2, 0.25) is 0 Å². The summed E-state index contributed by atoms with van der Waals surface area (Å²) in [6.07, 6.45) is 6.75. The Morgan fingerprint density at radius 3 is 2.64 bits per heavy atom. The number of rotatable bonds is 6. The zero-order valence-corrected chi connectivity index (χ0v) is 14.7. The van der Waals surface area contributed by atoms with E-state index < -0.39 is 23.3 Å². The molecule has 3 aromatic rings. The van der Waals surface area contributed by atoms with Crippen molar-refractivity contribution in [3.8, 4) is 5.69 Å². The van der Waals surface area contributed by atoms with E-state index in [0.717, 1.165) is 0 Å². The van der Waals surface area contributed by atoms with Gasteiger partial charge in [0.05, 0.1) is 29.8 Å². The molecule has 10 heteroatoms. The summed E-state index contributed by atoms with van der Waals surface area (Å²) >= 11 is 0. The van der Waals surface area contributed by atoms with Gasteiger partial charge in [-0.2, -0.15) is 5.10 Å². The molecule has 0 saturated heterocycles. The first-order valence-corrected chi connectivity index (χ1v) is 8.63. The molecule has 144 valence electrons. The highest BCUT2D eigenvalue weighted by Crippen LogP contribution is 2.45. The molecule has 0 aliphatic heterocycles. The van der Waals surface area contributed by atoms with Gasteiger partial charge in [0, 0.05) is 24.4 Å². The Morgan fingerprint density at radius 1 is 1.29 bits per heavy atom. The van der Waals surface area contributed by atoms with Crippen molar-refractivity contribution in [2.75, 3.05) is 11.9 Å².